The number of nitrogens with one attached hydrogen (secondary N) is 1. The number of nitro benzene ring substituents is 1. The third kappa shape index (κ3) is 4.35. The smallest absolute Gasteiger partial charge is 0.269 e. The zero-order valence-corrected chi connectivity index (χ0v) is 11.5. The summed E-state index contributed by atoms with van der Waals surface area (Å²) in [5.41, 5.74) is 0.507. The van der Waals surface area contributed by atoms with Gasteiger partial charge in [0.25, 0.3) is 5.69 Å². The lowest BCUT2D eigenvalue weighted by Crippen LogP contribution is -2.40. The third-order valence-corrected chi connectivity index (χ3v) is 3.46. The van der Waals surface area contributed by atoms with E-state index in [-0.39, 0.29) is 24.1 Å². The van der Waals surface area contributed by atoms with Gasteiger partial charge in [0.2, 0.25) is 5.91 Å². The molecule has 1 atom stereocenters. The molecule has 0 spiro atoms. The quantitative estimate of drug-likeness (QED) is 0.503. The van der Waals surface area contributed by atoms with E-state index in [2.05, 4.69) is 5.32 Å². The SMILES string of the molecule is O=CC1CCCN(CC(=O)Nc2ccc([N+](=O)[O-])cc2)C1. The first kappa shape index (κ1) is 15.1. The average molecular weight is 291 g/mol. The molecule has 1 aromatic carbocycles. The Morgan fingerprint density at radius 1 is 1.43 bits per heavy atom. The lowest BCUT2D eigenvalue weighted by atomic mass is 10.00. The molecule has 7 heteroatoms. The van der Waals surface area contributed by atoms with Gasteiger partial charge in [0.15, 0.2) is 0 Å². The Morgan fingerprint density at radius 3 is 2.76 bits per heavy atom. The number of carbonyl (C=O) groups is 2. The Kier molecular flexibility index (Phi) is 4.99. The Hall–Kier alpha value is -2.28. The van der Waals surface area contributed by atoms with Crippen molar-refractivity contribution in [3.63, 3.8) is 0 Å². The number of rotatable bonds is 5. The molecule has 0 saturated carbocycles. The van der Waals surface area contributed by atoms with Crippen LogP contribution >= 0.6 is 0 Å². The summed E-state index contributed by atoms with van der Waals surface area (Å²) in [5.74, 6) is -0.179. The minimum Gasteiger partial charge on any atom is -0.325 e. The van der Waals surface area contributed by atoms with Crippen LogP contribution in [-0.2, 0) is 9.59 Å². The van der Waals surface area contributed by atoms with Crippen LogP contribution in [0.4, 0.5) is 11.4 Å². The van der Waals surface area contributed by atoms with Crippen LogP contribution in [-0.4, -0.2) is 41.7 Å². The fourth-order valence-electron chi connectivity index (χ4n) is 2.42. The Balaban J connectivity index is 1.86. The van der Waals surface area contributed by atoms with Crippen LogP contribution in [0.3, 0.4) is 0 Å². The van der Waals surface area contributed by atoms with Crippen molar-refractivity contribution < 1.29 is 14.5 Å². The summed E-state index contributed by atoms with van der Waals surface area (Å²) in [6.45, 7) is 1.64. The molecule has 1 aliphatic heterocycles. The largest absolute Gasteiger partial charge is 0.325 e. The topological polar surface area (TPSA) is 92.6 Å². The van der Waals surface area contributed by atoms with Crippen molar-refractivity contribution >= 4 is 23.6 Å². The average Bonchev–Trinajstić information content (AvgIpc) is 2.47. The van der Waals surface area contributed by atoms with Gasteiger partial charge in [0, 0.05) is 30.3 Å². The predicted molar refractivity (Wildman–Crippen MR) is 77.0 cm³/mol. The van der Waals surface area contributed by atoms with Crippen LogP contribution in [0.15, 0.2) is 24.3 Å². The van der Waals surface area contributed by atoms with E-state index in [1.807, 2.05) is 4.90 Å². The molecule has 1 heterocycles. The first-order valence-electron chi connectivity index (χ1n) is 6.80. The van der Waals surface area contributed by atoms with Gasteiger partial charge in [-0.2, -0.15) is 0 Å². The highest BCUT2D eigenvalue weighted by Crippen LogP contribution is 2.16. The number of anilines is 1. The molecule has 0 bridgehead atoms. The summed E-state index contributed by atoms with van der Waals surface area (Å²) in [5, 5.41) is 13.2. The lowest BCUT2D eigenvalue weighted by Gasteiger charge is -2.29. The third-order valence-electron chi connectivity index (χ3n) is 3.46. The zero-order valence-electron chi connectivity index (χ0n) is 11.5. The summed E-state index contributed by atoms with van der Waals surface area (Å²) in [6.07, 6.45) is 2.73. The standard InChI is InChI=1S/C14H17N3O4/c18-10-11-2-1-7-16(8-11)9-14(19)15-12-3-5-13(6-4-12)17(20)21/h3-6,10-11H,1-2,7-9H2,(H,15,19). The molecule has 21 heavy (non-hydrogen) atoms. The number of likely N-dealkylation sites (tertiary alicyclic amines) is 1. The van der Waals surface area contributed by atoms with Gasteiger partial charge >= 0.3 is 0 Å². The molecule has 1 fully saturated rings. The summed E-state index contributed by atoms with van der Waals surface area (Å²) < 4.78 is 0. The van der Waals surface area contributed by atoms with E-state index in [1.54, 1.807) is 0 Å². The monoisotopic (exact) mass is 291 g/mol. The van der Waals surface area contributed by atoms with Gasteiger partial charge in [-0.3, -0.25) is 19.8 Å². The van der Waals surface area contributed by atoms with Crippen molar-refractivity contribution in [2.75, 3.05) is 25.0 Å². The van der Waals surface area contributed by atoms with Gasteiger partial charge in [-0.25, -0.2) is 0 Å². The number of amides is 1. The van der Waals surface area contributed by atoms with Gasteiger partial charge in [-0.05, 0) is 31.5 Å². The van der Waals surface area contributed by atoms with E-state index in [0.29, 0.717) is 12.2 Å². The maximum Gasteiger partial charge on any atom is 0.269 e. The number of carbonyl (C=O) groups excluding carboxylic acids is 2. The number of non-ortho nitro benzene ring substituents is 1. The summed E-state index contributed by atoms with van der Waals surface area (Å²) in [6, 6.07) is 5.69. The van der Waals surface area contributed by atoms with E-state index in [9.17, 15) is 19.7 Å². The van der Waals surface area contributed by atoms with E-state index in [1.165, 1.54) is 24.3 Å². The maximum atomic E-state index is 11.9. The molecular formula is C14H17N3O4. The van der Waals surface area contributed by atoms with Crippen LogP contribution < -0.4 is 5.32 Å². The predicted octanol–water partition coefficient (Wildman–Crippen LogP) is 1.44. The molecule has 1 amide bonds. The fourth-order valence-corrected chi connectivity index (χ4v) is 2.42. The molecular weight excluding hydrogens is 274 g/mol. The van der Waals surface area contributed by atoms with Crippen molar-refractivity contribution in [3.8, 4) is 0 Å². The number of hydrogen-bond acceptors (Lipinski definition) is 5. The van der Waals surface area contributed by atoms with Gasteiger partial charge in [-0.15, -0.1) is 0 Å². The number of hydrogen-bond donors (Lipinski definition) is 1. The van der Waals surface area contributed by atoms with Crippen LogP contribution in [0, 0.1) is 16.0 Å². The molecule has 0 aromatic heterocycles. The van der Waals surface area contributed by atoms with Crippen molar-refractivity contribution in [1.82, 2.24) is 4.90 Å². The minimum absolute atomic E-state index is 0.00549. The lowest BCUT2D eigenvalue weighted by molar-refractivity contribution is -0.384. The first-order chi connectivity index (χ1) is 10.1. The maximum absolute atomic E-state index is 11.9. The Bertz CT molecular complexity index is 530. The van der Waals surface area contributed by atoms with Crippen molar-refractivity contribution in [2.24, 2.45) is 5.92 Å². The Morgan fingerprint density at radius 2 is 2.14 bits per heavy atom. The van der Waals surface area contributed by atoms with E-state index < -0.39 is 4.92 Å². The molecule has 7 nitrogen and oxygen atoms in total. The molecule has 0 aliphatic carbocycles. The number of piperidine rings is 1. The number of nitro groups is 1. The molecule has 1 aliphatic rings. The van der Waals surface area contributed by atoms with E-state index >= 15 is 0 Å². The molecule has 1 aromatic rings. The van der Waals surface area contributed by atoms with Crippen LogP contribution in [0.5, 0.6) is 0 Å². The van der Waals surface area contributed by atoms with Gasteiger partial charge in [0.05, 0.1) is 11.5 Å². The number of aldehydes is 1. The van der Waals surface area contributed by atoms with E-state index in [4.69, 9.17) is 0 Å². The highest BCUT2D eigenvalue weighted by atomic mass is 16.6. The first-order valence-corrected chi connectivity index (χ1v) is 6.80. The van der Waals surface area contributed by atoms with Gasteiger partial charge in [-0.1, -0.05) is 0 Å². The summed E-state index contributed by atoms with van der Waals surface area (Å²) in [7, 11) is 0. The van der Waals surface area contributed by atoms with Crippen molar-refractivity contribution in [2.45, 2.75) is 12.8 Å². The van der Waals surface area contributed by atoms with Crippen molar-refractivity contribution in [1.29, 1.82) is 0 Å². The molecule has 1 saturated heterocycles. The highest BCUT2D eigenvalue weighted by molar-refractivity contribution is 5.92. The second kappa shape index (κ2) is 6.94. The number of nitrogens with zero attached hydrogens (tertiary/aromatic N) is 2. The molecule has 1 unspecified atom stereocenters. The molecule has 0 radical (unpaired) electrons. The van der Waals surface area contributed by atoms with Gasteiger partial charge in [0.1, 0.15) is 6.29 Å². The molecule has 1 N–H and O–H groups in total. The van der Waals surface area contributed by atoms with Crippen LogP contribution in [0.1, 0.15) is 12.8 Å². The summed E-state index contributed by atoms with van der Waals surface area (Å²) in [4.78, 5) is 34.7. The second-order valence-corrected chi connectivity index (χ2v) is 5.13. The molecule has 2 rings (SSSR count). The van der Waals surface area contributed by atoms with Crippen molar-refractivity contribution in [3.05, 3.63) is 34.4 Å². The zero-order chi connectivity index (χ0) is 15.2. The number of benzene rings is 1. The minimum atomic E-state index is -0.487. The normalized spacial score (nSPS) is 19.0. The second-order valence-electron chi connectivity index (χ2n) is 5.13. The highest BCUT2D eigenvalue weighted by Gasteiger charge is 2.21. The summed E-state index contributed by atoms with van der Waals surface area (Å²) >= 11 is 0. The Labute approximate surface area is 122 Å². The van der Waals surface area contributed by atoms with Gasteiger partial charge < -0.3 is 10.1 Å². The van der Waals surface area contributed by atoms with Crippen LogP contribution in [0.25, 0.3) is 0 Å². The van der Waals surface area contributed by atoms with E-state index in [0.717, 1.165) is 25.7 Å². The van der Waals surface area contributed by atoms with Crippen LogP contribution in [0.2, 0.25) is 0 Å². The fraction of sp³-hybridized carbons (Fsp3) is 0.429. The molecule has 112 valence electrons.